The van der Waals surface area contributed by atoms with Crippen LogP contribution < -0.4 is 34.3 Å². The largest absolute Gasteiger partial charge is 1.00 e. The number of rotatable bonds is 5. The Labute approximate surface area is 138 Å². The summed E-state index contributed by atoms with van der Waals surface area (Å²) in [5.74, 6) is 1.33. The monoisotopic (exact) mass is 282 g/mol. The number of nitrogens with zero attached hydrogens (tertiary/aromatic N) is 1. The average molecular weight is 282 g/mol. The summed E-state index contributed by atoms with van der Waals surface area (Å²) in [5, 5.41) is 18.0. The summed E-state index contributed by atoms with van der Waals surface area (Å²) in [6.45, 7) is 0.743. The Hall–Kier alpha value is -1.53. The second-order valence-electron chi connectivity index (χ2n) is 3.88. The molecule has 20 heavy (non-hydrogen) atoms. The van der Waals surface area contributed by atoms with Crippen molar-refractivity contribution in [3.8, 4) is 11.5 Å². The Balaban J connectivity index is 0.00000200. The Bertz CT molecular complexity index is 545. The van der Waals surface area contributed by atoms with Crippen LogP contribution >= 0.6 is 0 Å². The van der Waals surface area contributed by atoms with Crippen molar-refractivity contribution < 1.29 is 49.5 Å². The minimum absolute atomic E-state index is 0. The standard InChI is InChI=1S/C14H13NO4.Na/c16-14(10-15(17)18)11-6-8-13(9-7-11)19-12-4-2-1-3-5-12;/h1-10,14,16H,(H,17,18);/q;+1. The minimum Gasteiger partial charge on any atom is -0.457 e. The molecule has 0 saturated carbocycles. The smallest absolute Gasteiger partial charge is 0.457 e. The summed E-state index contributed by atoms with van der Waals surface area (Å²) in [7, 11) is 0. The maximum Gasteiger partial charge on any atom is 1.00 e. The number of benzene rings is 2. The van der Waals surface area contributed by atoms with Gasteiger partial charge in [0, 0.05) is 17.6 Å². The molecule has 0 spiro atoms. The van der Waals surface area contributed by atoms with Crippen LogP contribution in [0.1, 0.15) is 11.7 Å². The van der Waals surface area contributed by atoms with Crippen molar-refractivity contribution in [3.63, 3.8) is 0 Å². The fourth-order valence-electron chi connectivity index (χ4n) is 1.56. The number of aliphatic hydroxyl groups is 1. The van der Waals surface area contributed by atoms with Crippen molar-refractivity contribution in [2.45, 2.75) is 6.10 Å². The molecule has 0 radical (unpaired) electrons. The molecule has 6 heteroatoms. The van der Waals surface area contributed by atoms with Gasteiger partial charge in [-0.3, -0.25) is 5.21 Å². The molecule has 2 aromatic carbocycles. The van der Waals surface area contributed by atoms with E-state index in [1.165, 1.54) is 0 Å². The molecular formula is C14H13NNaO4+. The fraction of sp³-hybridized carbons (Fsp3) is 0.0714. The number of para-hydroxylation sites is 1. The Morgan fingerprint density at radius 2 is 1.55 bits per heavy atom. The van der Waals surface area contributed by atoms with Crippen LogP contribution in [0.5, 0.6) is 11.5 Å². The van der Waals surface area contributed by atoms with Gasteiger partial charge >= 0.3 is 29.6 Å². The van der Waals surface area contributed by atoms with Crippen molar-refractivity contribution in [3.05, 3.63) is 71.6 Å². The van der Waals surface area contributed by atoms with Crippen molar-refractivity contribution >= 4 is 0 Å². The van der Waals surface area contributed by atoms with Crippen molar-refractivity contribution in [2.24, 2.45) is 0 Å². The molecule has 2 N–H and O–H groups in total. The van der Waals surface area contributed by atoms with Crippen LogP contribution in [0, 0.1) is 11.5 Å². The van der Waals surface area contributed by atoms with Gasteiger partial charge in [-0.05, 0) is 29.8 Å². The molecule has 0 heterocycles. The predicted molar refractivity (Wildman–Crippen MR) is 67.6 cm³/mol. The van der Waals surface area contributed by atoms with Crippen LogP contribution in [0.3, 0.4) is 0 Å². The van der Waals surface area contributed by atoms with Gasteiger partial charge in [0.1, 0.15) is 11.5 Å². The summed E-state index contributed by atoms with van der Waals surface area (Å²) < 4.78 is 5.58. The van der Waals surface area contributed by atoms with E-state index < -0.39 is 11.0 Å². The van der Waals surface area contributed by atoms with Crippen molar-refractivity contribution in [2.75, 3.05) is 0 Å². The van der Waals surface area contributed by atoms with E-state index in [2.05, 4.69) is 0 Å². The van der Waals surface area contributed by atoms with Crippen molar-refractivity contribution in [1.29, 1.82) is 0 Å². The van der Waals surface area contributed by atoms with Crippen LogP contribution in [-0.2, 0) is 0 Å². The second-order valence-corrected chi connectivity index (χ2v) is 3.88. The molecule has 0 aliphatic carbocycles. The van der Waals surface area contributed by atoms with Gasteiger partial charge in [0.2, 0.25) is 0 Å². The van der Waals surface area contributed by atoms with Gasteiger partial charge in [-0.1, -0.05) is 30.3 Å². The first-order valence-electron chi connectivity index (χ1n) is 5.66. The molecule has 0 aliphatic heterocycles. The van der Waals surface area contributed by atoms with Gasteiger partial charge in [-0.15, -0.1) is 0 Å². The first-order chi connectivity index (χ1) is 9.15. The van der Waals surface area contributed by atoms with Crippen LogP contribution in [-0.4, -0.2) is 15.2 Å². The molecule has 98 valence electrons. The maximum absolute atomic E-state index is 10.4. The predicted octanol–water partition coefficient (Wildman–Crippen LogP) is -0.154. The first kappa shape index (κ1) is 16.5. The zero-order valence-corrected chi connectivity index (χ0v) is 13.0. The fourth-order valence-corrected chi connectivity index (χ4v) is 1.56. The summed E-state index contributed by atoms with van der Waals surface area (Å²) in [6, 6.07) is 15.9. The van der Waals surface area contributed by atoms with Crippen molar-refractivity contribution in [1.82, 2.24) is 0 Å². The topological polar surface area (TPSA) is 69.8 Å². The Morgan fingerprint density at radius 3 is 2.10 bits per heavy atom. The molecule has 0 fully saturated rings. The average Bonchev–Trinajstić information content (AvgIpc) is 2.40. The van der Waals surface area contributed by atoms with E-state index in [-0.39, 0.29) is 29.6 Å². The molecule has 0 bridgehead atoms. The SMILES string of the molecule is O=[N+](O)[CH-]C(O)c1ccc(Oc2ccccc2)cc1.[Na+]. The summed E-state index contributed by atoms with van der Waals surface area (Å²) >= 11 is 0. The number of aliphatic hydroxyl groups excluding tert-OH is 1. The third-order valence-corrected chi connectivity index (χ3v) is 2.47. The molecule has 2 aromatic rings. The molecule has 1 atom stereocenters. The maximum atomic E-state index is 10.4. The zero-order chi connectivity index (χ0) is 13.7. The van der Waals surface area contributed by atoms with Crippen LogP contribution in [0.4, 0.5) is 0 Å². The molecule has 1 unspecified atom stereocenters. The number of hydrogen-bond acceptors (Lipinski definition) is 3. The van der Waals surface area contributed by atoms with E-state index in [0.29, 0.717) is 17.1 Å². The van der Waals surface area contributed by atoms with Gasteiger partial charge in [-0.2, -0.15) is 0 Å². The molecule has 2 rings (SSSR count). The van der Waals surface area contributed by atoms with Crippen LogP contribution in [0.15, 0.2) is 54.6 Å². The van der Waals surface area contributed by atoms with E-state index in [9.17, 15) is 10.0 Å². The first-order valence-corrected chi connectivity index (χ1v) is 5.66. The van der Waals surface area contributed by atoms with E-state index >= 15 is 0 Å². The molecule has 0 aliphatic rings. The van der Waals surface area contributed by atoms with Gasteiger partial charge in [-0.25, -0.2) is 0 Å². The Morgan fingerprint density at radius 1 is 1.00 bits per heavy atom. The number of ether oxygens (including phenoxy) is 1. The third kappa shape index (κ3) is 4.86. The Kier molecular flexibility index (Phi) is 6.54. The summed E-state index contributed by atoms with van der Waals surface area (Å²) in [5.41, 5.74) is 0.482. The van der Waals surface area contributed by atoms with E-state index in [1.54, 1.807) is 24.3 Å². The quantitative estimate of drug-likeness (QED) is 0.454. The number of hydrogen-bond donors (Lipinski definition) is 2. The van der Waals surface area contributed by atoms with E-state index in [4.69, 9.17) is 9.94 Å². The molecule has 0 amide bonds. The summed E-state index contributed by atoms with van der Waals surface area (Å²) in [4.78, 5) is 9.95. The van der Waals surface area contributed by atoms with E-state index in [0.717, 1.165) is 6.54 Å². The molecule has 0 aromatic heterocycles. The molecular weight excluding hydrogens is 269 g/mol. The summed E-state index contributed by atoms with van der Waals surface area (Å²) in [6.07, 6.45) is -1.16. The van der Waals surface area contributed by atoms with Gasteiger partial charge in [0.15, 0.2) is 0 Å². The van der Waals surface area contributed by atoms with Gasteiger partial charge in [0.05, 0.1) is 4.92 Å². The van der Waals surface area contributed by atoms with Crippen LogP contribution in [0.25, 0.3) is 0 Å². The van der Waals surface area contributed by atoms with Gasteiger partial charge in [0.25, 0.3) is 0 Å². The molecule has 0 saturated heterocycles. The minimum atomic E-state index is -1.16. The third-order valence-electron chi connectivity index (χ3n) is 2.47. The molecule has 5 nitrogen and oxygen atoms in total. The normalized spacial score (nSPS) is 11.1. The second kappa shape index (κ2) is 7.91. The van der Waals surface area contributed by atoms with Gasteiger partial charge < -0.3 is 9.84 Å². The van der Waals surface area contributed by atoms with E-state index in [1.807, 2.05) is 30.3 Å². The van der Waals surface area contributed by atoms with Crippen LogP contribution in [0.2, 0.25) is 0 Å². The zero-order valence-electron chi connectivity index (χ0n) is 11.0.